The molecule has 0 saturated carbocycles. The second kappa shape index (κ2) is 7.19. The van der Waals surface area contributed by atoms with Crippen LogP contribution in [0.5, 0.6) is 17.2 Å². The SMILES string of the molecule is COc1cccc(C(=CC#N)c2ccc(OC)c(OC)c2)c1. The molecule has 0 aliphatic rings. The van der Waals surface area contributed by atoms with Crippen LogP contribution in [0, 0.1) is 11.3 Å². The first kappa shape index (κ1) is 15.5. The van der Waals surface area contributed by atoms with Crippen LogP contribution in [0.25, 0.3) is 5.57 Å². The second-order valence-corrected chi connectivity index (χ2v) is 4.49. The van der Waals surface area contributed by atoms with Gasteiger partial charge in [0.2, 0.25) is 0 Å². The van der Waals surface area contributed by atoms with Crippen LogP contribution in [0.15, 0.2) is 48.5 Å². The minimum absolute atomic E-state index is 0.617. The van der Waals surface area contributed by atoms with E-state index >= 15 is 0 Å². The van der Waals surface area contributed by atoms with Crippen molar-refractivity contribution >= 4 is 5.57 Å². The van der Waals surface area contributed by atoms with Crippen LogP contribution in [0.4, 0.5) is 0 Å². The average molecular weight is 295 g/mol. The number of ether oxygens (including phenoxy) is 3. The van der Waals surface area contributed by atoms with Crippen LogP contribution in [0.1, 0.15) is 11.1 Å². The molecule has 0 fully saturated rings. The number of rotatable bonds is 5. The molecule has 2 aromatic rings. The van der Waals surface area contributed by atoms with Gasteiger partial charge in [-0.25, -0.2) is 0 Å². The maximum Gasteiger partial charge on any atom is 0.161 e. The largest absolute Gasteiger partial charge is 0.497 e. The molecule has 0 atom stereocenters. The molecule has 22 heavy (non-hydrogen) atoms. The lowest BCUT2D eigenvalue weighted by molar-refractivity contribution is 0.355. The summed E-state index contributed by atoms with van der Waals surface area (Å²) < 4.78 is 15.8. The second-order valence-electron chi connectivity index (χ2n) is 4.49. The molecule has 2 rings (SSSR count). The highest BCUT2D eigenvalue weighted by atomic mass is 16.5. The molecule has 0 amide bonds. The molecule has 0 bridgehead atoms. The van der Waals surface area contributed by atoms with E-state index in [0.29, 0.717) is 11.5 Å². The molecule has 0 aromatic heterocycles. The molecular formula is C18H17NO3. The van der Waals surface area contributed by atoms with Crippen LogP contribution in [-0.4, -0.2) is 21.3 Å². The first-order chi connectivity index (χ1) is 10.7. The quantitative estimate of drug-likeness (QED) is 0.790. The first-order valence-corrected chi connectivity index (χ1v) is 6.70. The van der Waals surface area contributed by atoms with E-state index < -0.39 is 0 Å². The number of hydrogen-bond acceptors (Lipinski definition) is 4. The van der Waals surface area contributed by atoms with E-state index in [1.54, 1.807) is 21.3 Å². The zero-order valence-electron chi connectivity index (χ0n) is 12.8. The average Bonchev–Trinajstić information content (AvgIpc) is 2.59. The van der Waals surface area contributed by atoms with Gasteiger partial charge in [0, 0.05) is 6.08 Å². The molecule has 0 spiro atoms. The lowest BCUT2D eigenvalue weighted by atomic mass is 9.97. The lowest BCUT2D eigenvalue weighted by Crippen LogP contribution is -1.94. The molecule has 0 radical (unpaired) electrons. The predicted molar refractivity (Wildman–Crippen MR) is 85.2 cm³/mol. The van der Waals surface area contributed by atoms with Crippen LogP contribution in [0.2, 0.25) is 0 Å². The van der Waals surface area contributed by atoms with Gasteiger partial charge in [-0.15, -0.1) is 0 Å². The summed E-state index contributed by atoms with van der Waals surface area (Å²) in [6.07, 6.45) is 1.51. The third-order valence-electron chi connectivity index (χ3n) is 3.28. The van der Waals surface area contributed by atoms with Gasteiger partial charge in [-0.2, -0.15) is 5.26 Å². The van der Waals surface area contributed by atoms with Gasteiger partial charge in [0.1, 0.15) is 5.75 Å². The molecule has 112 valence electrons. The van der Waals surface area contributed by atoms with E-state index in [1.807, 2.05) is 42.5 Å². The van der Waals surface area contributed by atoms with Crippen molar-refractivity contribution in [3.8, 4) is 23.3 Å². The van der Waals surface area contributed by atoms with Crippen molar-refractivity contribution in [3.63, 3.8) is 0 Å². The van der Waals surface area contributed by atoms with Crippen molar-refractivity contribution in [2.75, 3.05) is 21.3 Å². The number of methoxy groups -OCH3 is 3. The number of hydrogen-bond donors (Lipinski definition) is 0. The molecule has 4 heteroatoms. The Labute approximate surface area is 130 Å². The zero-order chi connectivity index (χ0) is 15.9. The summed E-state index contributed by atoms with van der Waals surface area (Å²) in [6, 6.07) is 15.2. The van der Waals surface area contributed by atoms with Gasteiger partial charge in [-0.3, -0.25) is 0 Å². The monoisotopic (exact) mass is 295 g/mol. The van der Waals surface area contributed by atoms with E-state index in [-0.39, 0.29) is 0 Å². The molecule has 0 aliphatic carbocycles. The Hall–Kier alpha value is -2.93. The lowest BCUT2D eigenvalue weighted by Gasteiger charge is -2.12. The summed E-state index contributed by atoms with van der Waals surface area (Å²) in [4.78, 5) is 0. The maximum atomic E-state index is 9.10. The molecule has 0 aliphatic heterocycles. The van der Waals surface area contributed by atoms with Gasteiger partial charge >= 0.3 is 0 Å². The highest BCUT2D eigenvalue weighted by Gasteiger charge is 2.10. The van der Waals surface area contributed by atoms with Crippen molar-refractivity contribution in [1.29, 1.82) is 5.26 Å². The predicted octanol–water partition coefficient (Wildman–Crippen LogP) is 3.67. The van der Waals surface area contributed by atoms with Crippen LogP contribution in [0.3, 0.4) is 0 Å². The van der Waals surface area contributed by atoms with Crippen LogP contribution >= 0.6 is 0 Å². The van der Waals surface area contributed by atoms with E-state index in [9.17, 15) is 0 Å². The number of allylic oxidation sites excluding steroid dienone is 1. The van der Waals surface area contributed by atoms with Gasteiger partial charge in [0.25, 0.3) is 0 Å². The van der Waals surface area contributed by atoms with Crippen molar-refractivity contribution in [2.45, 2.75) is 0 Å². The Morgan fingerprint density at radius 3 is 2.27 bits per heavy atom. The van der Waals surface area contributed by atoms with Gasteiger partial charge < -0.3 is 14.2 Å². The Balaban J connectivity index is 2.53. The maximum absolute atomic E-state index is 9.10. The fourth-order valence-corrected chi connectivity index (χ4v) is 2.19. The van der Waals surface area contributed by atoms with Crippen LogP contribution in [-0.2, 0) is 0 Å². The van der Waals surface area contributed by atoms with E-state index in [1.165, 1.54) is 6.08 Å². The Bertz CT molecular complexity index is 729. The third-order valence-corrected chi connectivity index (χ3v) is 3.28. The summed E-state index contributed by atoms with van der Waals surface area (Å²) in [5.41, 5.74) is 2.56. The molecule has 0 heterocycles. The summed E-state index contributed by atoms with van der Waals surface area (Å²) in [5, 5.41) is 9.10. The zero-order valence-corrected chi connectivity index (χ0v) is 12.8. The molecular weight excluding hydrogens is 278 g/mol. The highest BCUT2D eigenvalue weighted by molar-refractivity contribution is 5.82. The fourth-order valence-electron chi connectivity index (χ4n) is 2.19. The van der Waals surface area contributed by atoms with Gasteiger partial charge in [0.15, 0.2) is 11.5 Å². The minimum Gasteiger partial charge on any atom is -0.497 e. The smallest absolute Gasteiger partial charge is 0.161 e. The third kappa shape index (κ3) is 3.21. The Morgan fingerprint density at radius 2 is 1.64 bits per heavy atom. The van der Waals surface area contributed by atoms with Crippen molar-refractivity contribution in [3.05, 3.63) is 59.7 Å². The van der Waals surface area contributed by atoms with Gasteiger partial charge in [-0.1, -0.05) is 18.2 Å². The molecule has 0 unspecified atom stereocenters. The fraction of sp³-hybridized carbons (Fsp3) is 0.167. The minimum atomic E-state index is 0.617. The van der Waals surface area contributed by atoms with Crippen molar-refractivity contribution < 1.29 is 14.2 Å². The number of nitrogens with zero attached hydrogens (tertiary/aromatic N) is 1. The van der Waals surface area contributed by atoms with E-state index in [4.69, 9.17) is 19.5 Å². The van der Waals surface area contributed by atoms with E-state index in [2.05, 4.69) is 6.07 Å². The summed E-state index contributed by atoms with van der Waals surface area (Å²) in [7, 11) is 4.79. The molecule has 4 nitrogen and oxygen atoms in total. The molecule has 0 saturated heterocycles. The van der Waals surface area contributed by atoms with Crippen LogP contribution < -0.4 is 14.2 Å². The first-order valence-electron chi connectivity index (χ1n) is 6.70. The molecule has 2 aromatic carbocycles. The van der Waals surface area contributed by atoms with Gasteiger partial charge in [0.05, 0.1) is 27.4 Å². The topological polar surface area (TPSA) is 51.5 Å². The standard InChI is InChI=1S/C18H17NO3/c1-20-15-6-4-5-13(11-15)16(9-10-19)14-7-8-17(21-2)18(12-14)22-3/h4-9,11-12H,1-3H3. The van der Waals surface area contributed by atoms with Crippen molar-refractivity contribution in [1.82, 2.24) is 0 Å². The van der Waals surface area contributed by atoms with Gasteiger partial charge in [-0.05, 0) is 41.0 Å². The highest BCUT2D eigenvalue weighted by Crippen LogP contribution is 2.33. The Morgan fingerprint density at radius 1 is 0.909 bits per heavy atom. The molecule has 0 N–H and O–H groups in total. The van der Waals surface area contributed by atoms with Crippen molar-refractivity contribution in [2.24, 2.45) is 0 Å². The number of benzene rings is 2. The Kier molecular flexibility index (Phi) is 5.05. The number of nitriles is 1. The summed E-state index contributed by atoms with van der Waals surface area (Å²) in [6.45, 7) is 0. The summed E-state index contributed by atoms with van der Waals surface area (Å²) >= 11 is 0. The summed E-state index contributed by atoms with van der Waals surface area (Å²) in [5.74, 6) is 2.00. The normalized spacial score (nSPS) is 10.7. The van der Waals surface area contributed by atoms with E-state index in [0.717, 1.165) is 22.4 Å².